The molecular formula is C19H16OS. The zero-order chi connectivity index (χ0) is 15.1. The maximum Gasteiger partial charge on any atom is 0.181 e. The van der Waals surface area contributed by atoms with E-state index in [9.17, 15) is 4.79 Å². The van der Waals surface area contributed by atoms with Crippen LogP contribution < -0.4 is 5.43 Å². The highest BCUT2D eigenvalue weighted by Crippen LogP contribution is 2.28. The van der Waals surface area contributed by atoms with Gasteiger partial charge in [-0.1, -0.05) is 73.9 Å². The molecule has 0 fully saturated rings. The lowest BCUT2D eigenvalue weighted by atomic mass is 10.1. The van der Waals surface area contributed by atoms with Crippen LogP contribution in [-0.4, -0.2) is 0 Å². The van der Waals surface area contributed by atoms with E-state index in [0.29, 0.717) is 0 Å². The van der Waals surface area contributed by atoms with Gasteiger partial charge in [-0.2, -0.15) is 0 Å². The van der Waals surface area contributed by atoms with E-state index in [1.807, 2.05) is 48.6 Å². The van der Waals surface area contributed by atoms with Crippen LogP contribution in [0.5, 0.6) is 0 Å². The molecule has 1 heterocycles. The van der Waals surface area contributed by atoms with E-state index in [1.54, 1.807) is 35.6 Å². The van der Waals surface area contributed by atoms with Crippen molar-refractivity contribution < 1.29 is 0 Å². The molecule has 0 bridgehead atoms. The quantitative estimate of drug-likeness (QED) is 0.702. The van der Waals surface area contributed by atoms with Gasteiger partial charge in [0, 0.05) is 21.9 Å². The molecule has 1 nitrogen and oxygen atoms in total. The predicted octanol–water partition coefficient (Wildman–Crippen LogP) is 5.09. The van der Waals surface area contributed by atoms with Crippen molar-refractivity contribution in [2.24, 2.45) is 0 Å². The van der Waals surface area contributed by atoms with Crippen LogP contribution in [0.15, 0.2) is 90.8 Å². The van der Waals surface area contributed by atoms with Crippen molar-refractivity contribution in [3.05, 3.63) is 101 Å². The molecule has 0 unspecified atom stereocenters. The third-order valence-corrected chi connectivity index (χ3v) is 3.97. The summed E-state index contributed by atoms with van der Waals surface area (Å²) in [6.45, 7) is 7.40. The summed E-state index contributed by atoms with van der Waals surface area (Å²) >= 11 is 1.59. The molecule has 0 N–H and O–H groups in total. The van der Waals surface area contributed by atoms with Crippen molar-refractivity contribution in [2.45, 2.75) is 0 Å². The number of rotatable bonds is 5. The largest absolute Gasteiger partial charge is 0.290 e. The lowest BCUT2D eigenvalue weighted by Gasteiger charge is -2.05. The van der Waals surface area contributed by atoms with Crippen molar-refractivity contribution in [2.75, 3.05) is 0 Å². The normalized spacial score (nSPS) is 11.5. The molecule has 2 heteroatoms. The van der Waals surface area contributed by atoms with Gasteiger partial charge in [0.25, 0.3) is 0 Å². The minimum atomic E-state index is 0.00423. The molecule has 2 rings (SSSR count). The monoisotopic (exact) mass is 292 g/mol. The zero-order valence-electron chi connectivity index (χ0n) is 11.7. The molecule has 0 radical (unpaired) electrons. The van der Waals surface area contributed by atoms with E-state index >= 15 is 0 Å². The first-order valence-corrected chi connectivity index (χ1v) is 7.39. The Hall–Kier alpha value is -2.45. The molecule has 0 aliphatic carbocycles. The minimum Gasteiger partial charge on any atom is -0.290 e. The Bertz CT molecular complexity index is 749. The van der Waals surface area contributed by atoms with Crippen LogP contribution in [0, 0.1) is 0 Å². The van der Waals surface area contributed by atoms with Gasteiger partial charge in [0.05, 0.1) is 0 Å². The fraction of sp³-hybridized carbons (Fsp3) is 0. The van der Waals surface area contributed by atoms with E-state index in [4.69, 9.17) is 0 Å². The van der Waals surface area contributed by atoms with E-state index in [1.165, 1.54) is 0 Å². The van der Waals surface area contributed by atoms with Crippen LogP contribution in [0.3, 0.4) is 0 Å². The molecule has 1 aromatic heterocycles. The van der Waals surface area contributed by atoms with Gasteiger partial charge in [-0.15, -0.1) is 11.3 Å². The van der Waals surface area contributed by atoms with Crippen LogP contribution in [0.4, 0.5) is 0 Å². The second kappa shape index (κ2) is 7.36. The molecule has 0 atom stereocenters. The van der Waals surface area contributed by atoms with Gasteiger partial charge in [-0.05, 0) is 11.1 Å². The smallest absolute Gasteiger partial charge is 0.181 e. The molecule has 21 heavy (non-hydrogen) atoms. The van der Waals surface area contributed by atoms with Gasteiger partial charge < -0.3 is 0 Å². The van der Waals surface area contributed by atoms with E-state index in [0.717, 1.165) is 20.9 Å². The Morgan fingerprint density at radius 2 is 1.81 bits per heavy atom. The van der Waals surface area contributed by atoms with Crippen molar-refractivity contribution in [1.29, 1.82) is 0 Å². The van der Waals surface area contributed by atoms with Crippen LogP contribution in [0.2, 0.25) is 0 Å². The Balaban J connectivity index is 2.55. The Labute approximate surface area is 128 Å². The summed E-state index contributed by atoms with van der Waals surface area (Å²) in [5.41, 5.74) is 2.00. The number of hydrogen-bond acceptors (Lipinski definition) is 2. The van der Waals surface area contributed by atoms with Crippen molar-refractivity contribution >= 4 is 16.9 Å². The van der Waals surface area contributed by atoms with Gasteiger partial charge in [0.15, 0.2) is 5.43 Å². The second-order valence-corrected chi connectivity index (χ2v) is 5.42. The first-order valence-electron chi connectivity index (χ1n) is 6.57. The third-order valence-electron chi connectivity index (χ3n) is 2.82. The number of allylic oxidation sites excluding steroid dienone is 6. The van der Waals surface area contributed by atoms with Gasteiger partial charge in [0.2, 0.25) is 0 Å². The fourth-order valence-electron chi connectivity index (χ4n) is 1.88. The molecule has 2 aromatic rings. The first kappa shape index (κ1) is 14.9. The maximum absolute atomic E-state index is 12.0. The number of hydrogen-bond donors (Lipinski definition) is 0. The van der Waals surface area contributed by atoms with Gasteiger partial charge in [-0.25, -0.2) is 0 Å². The third kappa shape index (κ3) is 4.01. The molecule has 0 saturated carbocycles. The Kier molecular flexibility index (Phi) is 5.24. The Morgan fingerprint density at radius 1 is 1.05 bits per heavy atom. The van der Waals surface area contributed by atoms with E-state index in [2.05, 4.69) is 13.2 Å². The van der Waals surface area contributed by atoms with Crippen LogP contribution in [-0.2, 0) is 0 Å². The van der Waals surface area contributed by atoms with E-state index < -0.39 is 0 Å². The van der Waals surface area contributed by atoms with Gasteiger partial charge in [0.1, 0.15) is 0 Å². The summed E-state index contributed by atoms with van der Waals surface area (Å²) in [5, 5.41) is 0. The average molecular weight is 292 g/mol. The summed E-state index contributed by atoms with van der Waals surface area (Å²) in [7, 11) is 0. The SMILES string of the molecule is C=C/C=C\C(=C/C=C)c1cc(=O)cc(-c2ccccc2)s1. The number of benzene rings is 1. The summed E-state index contributed by atoms with van der Waals surface area (Å²) in [6, 6.07) is 13.2. The van der Waals surface area contributed by atoms with Gasteiger partial charge in [-0.3, -0.25) is 4.79 Å². The lowest BCUT2D eigenvalue weighted by molar-refractivity contribution is 1.61. The molecule has 1 aromatic carbocycles. The first-order chi connectivity index (χ1) is 10.2. The lowest BCUT2D eigenvalue weighted by Crippen LogP contribution is -1.98. The van der Waals surface area contributed by atoms with Crippen LogP contribution in [0.25, 0.3) is 16.0 Å². The molecule has 0 spiro atoms. The molecule has 0 aliphatic rings. The fourth-order valence-corrected chi connectivity index (χ4v) is 2.98. The summed E-state index contributed by atoms with van der Waals surface area (Å²) in [5.74, 6) is 0. The highest BCUT2D eigenvalue weighted by molar-refractivity contribution is 7.16. The molecule has 0 amide bonds. The second-order valence-electron chi connectivity index (χ2n) is 4.34. The van der Waals surface area contributed by atoms with Crippen molar-refractivity contribution in [3.8, 4) is 10.4 Å². The molecule has 104 valence electrons. The summed E-state index contributed by atoms with van der Waals surface area (Å²) in [4.78, 5) is 13.9. The van der Waals surface area contributed by atoms with Crippen LogP contribution >= 0.6 is 11.3 Å². The topological polar surface area (TPSA) is 17.1 Å². The minimum absolute atomic E-state index is 0.00423. The zero-order valence-corrected chi connectivity index (χ0v) is 12.5. The Morgan fingerprint density at radius 3 is 2.48 bits per heavy atom. The van der Waals surface area contributed by atoms with Crippen LogP contribution in [0.1, 0.15) is 4.88 Å². The standard InChI is InChI=1S/C19H16OS/c1-3-5-10-15(9-4-2)18-13-17(20)14-19(21-18)16-11-7-6-8-12-16/h3-14H,1-2H2/b10-5-,15-9+. The summed E-state index contributed by atoms with van der Waals surface area (Å²) in [6.07, 6.45) is 9.09. The van der Waals surface area contributed by atoms with E-state index in [-0.39, 0.29) is 5.43 Å². The molecular weight excluding hydrogens is 276 g/mol. The predicted molar refractivity (Wildman–Crippen MR) is 93.5 cm³/mol. The average Bonchev–Trinajstić information content (AvgIpc) is 2.51. The summed E-state index contributed by atoms with van der Waals surface area (Å²) < 4.78 is 0. The molecule has 0 aliphatic heterocycles. The van der Waals surface area contributed by atoms with Gasteiger partial charge >= 0.3 is 0 Å². The molecule has 0 saturated heterocycles. The van der Waals surface area contributed by atoms with Crippen molar-refractivity contribution in [3.63, 3.8) is 0 Å². The highest BCUT2D eigenvalue weighted by atomic mass is 32.1. The highest BCUT2D eigenvalue weighted by Gasteiger charge is 2.05. The maximum atomic E-state index is 12.0. The van der Waals surface area contributed by atoms with Crippen molar-refractivity contribution in [1.82, 2.24) is 0 Å².